The molecule has 0 N–H and O–H groups in total. The normalized spacial score (nSPS) is 10.3. The van der Waals surface area contributed by atoms with Crippen LogP contribution in [0, 0.1) is 6.92 Å². The Hall–Kier alpha value is -0.530. The van der Waals surface area contributed by atoms with Crippen molar-refractivity contribution in [3.05, 3.63) is 35.4 Å². The van der Waals surface area contributed by atoms with Crippen molar-refractivity contribution >= 4 is 29.0 Å². The molecule has 0 atom stereocenters. The molecule has 1 aromatic carbocycles. The highest BCUT2D eigenvalue weighted by molar-refractivity contribution is 6.55. The number of alkyl halides is 2. The number of hydrogen-bond acceptors (Lipinski definition) is 1. The van der Waals surface area contributed by atoms with Crippen LogP contribution in [0.2, 0.25) is 0 Å². The number of hydrogen-bond donors (Lipinski definition) is 0. The number of carbonyl (C=O) groups is 1. The van der Waals surface area contributed by atoms with Crippen molar-refractivity contribution in [2.45, 2.75) is 11.8 Å². The Morgan fingerprint density at radius 3 is 2.58 bits per heavy atom. The Morgan fingerprint density at radius 1 is 1.42 bits per heavy atom. The molecule has 1 aromatic rings. The number of aryl methyl sites for hydroxylation is 1. The first-order valence-electron chi connectivity index (χ1n) is 3.50. The van der Waals surface area contributed by atoms with Gasteiger partial charge in [-0.05, 0) is 13.0 Å². The first kappa shape index (κ1) is 9.56. The SMILES string of the molecule is Cc1cccc(C(=O)C(Cl)Cl)c1. The Labute approximate surface area is 81.3 Å². The quantitative estimate of drug-likeness (QED) is 0.533. The van der Waals surface area contributed by atoms with Gasteiger partial charge in [-0.25, -0.2) is 0 Å². The van der Waals surface area contributed by atoms with E-state index in [9.17, 15) is 4.79 Å². The summed E-state index contributed by atoms with van der Waals surface area (Å²) < 4.78 is 0. The van der Waals surface area contributed by atoms with Crippen molar-refractivity contribution in [2.75, 3.05) is 0 Å². The summed E-state index contributed by atoms with van der Waals surface area (Å²) in [7, 11) is 0. The summed E-state index contributed by atoms with van der Waals surface area (Å²) in [5.74, 6) is -0.248. The van der Waals surface area contributed by atoms with E-state index in [4.69, 9.17) is 23.2 Å². The fourth-order valence-corrected chi connectivity index (χ4v) is 1.18. The van der Waals surface area contributed by atoms with Crippen LogP contribution in [-0.4, -0.2) is 10.6 Å². The number of benzene rings is 1. The fourth-order valence-electron chi connectivity index (χ4n) is 0.924. The Kier molecular flexibility index (Phi) is 3.12. The van der Waals surface area contributed by atoms with Crippen molar-refractivity contribution in [1.82, 2.24) is 0 Å². The largest absolute Gasteiger partial charge is 0.291 e. The standard InChI is InChI=1S/C9H8Cl2O/c1-6-3-2-4-7(5-6)8(12)9(10)11/h2-5,9H,1H3. The minimum atomic E-state index is -0.966. The number of halogens is 2. The highest BCUT2D eigenvalue weighted by atomic mass is 35.5. The maximum absolute atomic E-state index is 11.2. The van der Waals surface area contributed by atoms with Gasteiger partial charge in [-0.1, -0.05) is 47.0 Å². The molecule has 1 rings (SSSR count). The smallest absolute Gasteiger partial charge is 0.195 e. The molecule has 0 saturated heterocycles. The lowest BCUT2D eigenvalue weighted by Gasteiger charge is -2.01. The zero-order chi connectivity index (χ0) is 9.14. The summed E-state index contributed by atoms with van der Waals surface area (Å²) in [5.41, 5.74) is 1.58. The fraction of sp³-hybridized carbons (Fsp3) is 0.222. The van der Waals surface area contributed by atoms with E-state index in [0.717, 1.165) is 5.56 Å². The van der Waals surface area contributed by atoms with Crippen LogP contribution in [0.25, 0.3) is 0 Å². The van der Waals surface area contributed by atoms with E-state index < -0.39 is 4.84 Å². The maximum Gasteiger partial charge on any atom is 0.195 e. The van der Waals surface area contributed by atoms with Gasteiger partial charge in [-0.3, -0.25) is 4.79 Å². The van der Waals surface area contributed by atoms with Gasteiger partial charge < -0.3 is 0 Å². The number of ketones is 1. The molecule has 0 saturated carbocycles. The third-order valence-corrected chi connectivity index (χ3v) is 1.90. The molecule has 0 aromatic heterocycles. The monoisotopic (exact) mass is 202 g/mol. The molecule has 0 unspecified atom stereocenters. The van der Waals surface area contributed by atoms with E-state index in [1.807, 2.05) is 13.0 Å². The van der Waals surface area contributed by atoms with Gasteiger partial charge in [0.25, 0.3) is 0 Å². The molecule has 0 radical (unpaired) electrons. The van der Waals surface area contributed by atoms with Gasteiger partial charge in [0.05, 0.1) is 0 Å². The molecular formula is C9H8Cl2O. The van der Waals surface area contributed by atoms with E-state index in [2.05, 4.69) is 0 Å². The van der Waals surface area contributed by atoms with Crippen molar-refractivity contribution in [3.63, 3.8) is 0 Å². The predicted octanol–water partition coefficient (Wildman–Crippen LogP) is 2.98. The van der Waals surface area contributed by atoms with E-state index in [0.29, 0.717) is 5.56 Å². The van der Waals surface area contributed by atoms with Crippen molar-refractivity contribution < 1.29 is 4.79 Å². The molecule has 0 heterocycles. The molecule has 0 aliphatic heterocycles. The van der Waals surface area contributed by atoms with Crippen molar-refractivity contribution in [1.29, 1.82) is 0 Å². The summed E-state index contributed by atoms with van der Waals surface area (Å²) in [6.07, 6.45) is 0. The van der Waals surface area contributed by atoms with Gasteiger partial charge in [0, 0.05) is 5.56 Å². The molecule has 0 bridgehead atoms. The van der Waals surface area contributed by atoms with Crippen LogP contribution < -0.4 is 0 Å². The molecule has 12 heavy (non-hydrogen) atoms. The van der Waals surface area contributed by atoms with Gasteiger partial charge in [-0.15, -0.1) is 0 Å². The van der Waals surface area contributed by atoms with Gasteiger partial charge in [0.15, 0.2) is 10.6 Å². The first-order valence-corrected chi connectivity index (χ1v) is 4.37. The third kappa shape index (κ3) is 2.23. The topological polar surface area (TPSA) is 17.1 Å². The van der Waals surface area contributed by atoms with Crippen LogP contribution in [0.1, 0.15) is 15.9 Å². The summed E-state index contributed by atoms with van der Waals surface area (Å²) in [6, 6.07) is 7.18. The minimum absolute atomic E-state index is 0.248. The van der Waals surface area contributed by atoms with Crippen LogP contribution in [0.4, 0.5) is 0 Å². The molecule has 1 nitrogen and oxygen atoms in total. The number of rotatable bonds is 2. The van der Waals surface area contributed by atoms with E-state index in [1.165, 1.54) is 0 Å². The molecule has 0 amide bonds. The minimum Gasteiger partial charge on any atom is -0.291 e. The second kappa shape index (κ2) is 3.92. The van der Waals surface area contributed by atoms with Gasteiger partial charge in [0.2, 0.25) is 0 Å². The number of carbonyl (C=O) groups excluding carboxylic acids is 1. The average molecular weight is 203 g/mol. The molecule has 0 spiro atoms. The highest BCUT2D eigenvalue weighted by Crippen LogP contribution is 2.12. The van der Waals surface area contributed by atoms with Crippen molar-refractivity contribution in [3.8, 4) is 0 Å². The van der Waals surface area contributed by atoms with Gasteiger partial charge in [-0.2, -0.15) is 0 Å². The summed E-state index contributed by atoms with van der Waals surface area (Å²) in [5, 5.41) is 0. The zero-order valence-corrected chi connectivity index (χ0v) is 8.06. The van der Waals surface area contributed by atoms with Gasteiger partial charge in [0.1, 0.15) is 0 Å². The van der Waals surface area contributed by atoms with Crippen molar-refractivity contribution in [2.24, 2.45) is 0 Å². The van der Waals surface area contributed by atoms with Gasteiger partial charge >= 0.3 is 0 Å². The molecule has 0 aliphatic carbocycles. The van der Waals surface area contributed by atoms with Crippen LogP contribution in [-0.2, 0) is 0 Å². The molecule has 3 heteroatoms. The Morgan fingerprint density at radius 2 is 2.08 bits per heavy atom. The average Bonchev–Trinajstić information content (AvgIpc) is 2.03. The predicted molar refractivity (Wildman–Crippen MR) is 51.0 cm³/mol. The van der Waals surface area contributed by atoms with E-state index in [-0.39, 0.29) is 5.78 Å². The lowest BCUT2D eigenvalue weighted by atomic mass is 10.1. The second-order valence-electron chi connectivity index (χ2n) is 2.53. The lowest BCUT2D eigenvalue weighted by Crippen LogP contribution is -2.07. The zero-order valence-electron chi connectivity index (χ0n) is 6.55. The molecule has 0 aliphatic rings. The van der Waals surface area contributed by atoms with Crippen LogP contribution in [0.15, 0.2) is 24.3 Å². The van der Waals surface area contributed by atoms with Crippen LogP contribution >= 0.6 is 23.2 Å². The third-order valence-electron chi connectivity index (χ3n) is 1.50. The second-order valence-corrected chi connectivity index (χ2v) is 3.63. The molecule has 0 fully saturated rings. The summed E-state index contributed by atoms with van der Waals surface area (Å²) >= 11 is 10.9. The summed E-state index contributed by atoms with van der Waals surface area (Å²) in [6.45, 7) is 1.91. The number of Topliss-reactive ketones (excluding diaryl/α,β-unsaturated/α-hetero) is 1. The van der Waals surface area contributed by atoms with E-state index in [1.54, 1.807) is 18.2 Å². The Bertz CT molecular complexity index is 294. The summed E-state index contributed by atoms with van der Waals surface area (Å²) in [4.78, 5) is 10.3. The van der Waals surface area contributed by atoms with E-state index >= 15 is 0 Å². The van der Waals surface area contributed by atoms with Crippen LogP contribution in [0.5, 0.6) is 0 Å². The first-order chi connectivity index (χ1) is 5.61. The lowest BCUT2D eigenvalue weighted by molar-refractivity contribution is 0.101. The molecule has 64 valence electrons. The highest BCUT2D eigenvalue weighted by Gasteiger charge is 2.13. The van der Waals surface area contributed by atoms with Crippen LogP contribution in [0.3, 0.4) is 0 Å². The maximum atomic E-state index is 11.2. The molecular weight excluding hydrogens is 195 g/mol. The Balaban J connectivity index is 2.96.